The third-order valence-corrected chi connectivity index (χ3v) is 6.20. The molecule has 1 amide bonds. The fraction of sp³-hybridized carbons (Fsp3) is 0.409. The second-order valence-corrected chi connectivity index (χ2v) is 8.97. The van der Waals surface area contributed by atoms with Crippen LogP contribution in [0.3, 0.4) is 0 Å². The van der Waals surface area contributed by atoms with Crippen LogP contribution in [0.2, 0.25) is 0 Å². The molecular formula is C22H30N2O7S. The smallest absolute Gasteiger partial charge is 0.244 e. The number of nitrogens with one attached hydrogen (secondary N) is 1. The predicted octanol–water partition coefficient (Wildman–Crippen LogP) is 2.75. The lowest BCUT2D eigenvalue weighted by Gasteiger charge is -2.30. The second kappa shape index (κ2) is 10.4. The van der Waals surface area contributed by atoms with Gasteiger partial charge in [0.15, 0.2) is 0 Å². The Morgan fingerprint density at radius 1 is 0.875 bits per heavy atom. The van der Waals surface area contributed by atoms with Crippen LogP contribution >= 0.6 is 0 Å². The highest BCUT2D eigenvalue weighted by Crippen LogP contribution is 2.35. The standard InChI is InChI=1S/C22H30N2O7S/c1-14(18-12-16(28-3)8-10-20(18)30-5)23-22(25)15(2)24(32(7,26)27)19-13-17(29-4)9-11-21(19)31-6/h8-15H,1-7H3,(H,23,25). The summed E-state index contributed by atoms with van der Waals surface area (Å²) in [7, 11) is 2.12. The van der Waals surface area contributed by atoms with Crippen molar-refractivity contribution in [1.29, 1.82) is 0 Å². The molecule has 0 saturated carbocycles. The van der Waals surface area contributed by atoms with E-state index in [0.717, 1.165) is 10.6 Å². The number of rotatable bonds is 10. The molecule has 0 aromatic heterocycles. The molecule has 2 atom stereocenters. The Labute approximate surface area is 189 Å². The van der Waals surface area contributed by atoms with E-state index in [4.69, 9.17) is 18.9 Å². The van der Waals surface area contributed by atoms with E-state index in [0.29, 0.717) is 28.6 Å². The maximum Gasteiger partial charge on any atom is 0.244 e. The number of hydrogen-bond acceptors (Lipinski definition) is 7. The maximum absolute atomic E-state index is 13.1. The first-order chi connectivity index (χ1) is 15.1. The molecule has 2 aromatic rings. The highest BCUT2D eigenvalue weighted by atomic mass is 32.2. The minimum Gasteiger partial charge on any atom is -0.497 e. The van der Waals surface area contributed by atoms with E-state index in [1.165, 1.54) is 34.3 Å². The van der Waals surface area contributed by atoms with Crippen LogP contribution in [0.15, 0.2) is 36.4 Å². The van der Waals surface area contributed by atoms with Crippen LogP contribution in [0, 0.1) is 0 Å². The van der Waals surface area contributed by atoms with E-state index >= 15 is 0 Å². The van der Waals surface area contributed by atoms with Crippen LogP contribution in [-0.2, 0) is 14.8 Å². The molecule has 0 aliphatic rings. The summed E-state index contributed by atoms with van der Waals surface area (Å²) in [5, 5.41) is 2.86. The van der Waals surface area contributed by atoms with Crippen LogP contribution in [0.25, 0.3) is 0 Å². The van der Waals surface area contributed by atoms with E-state index in [9.17, 15) is 13.2 Å². The second-order valence-electron chi connectivity index (χ2n) is 7.11. The molecule has 2 aromatic carbocycles. The average molecular weight is 467 g/mol. The molecule has 2 unspecified atom stereocenters. The van der Waals surface area contributed by atoms with Crippen molar-refractivity contribution in [2.75, 3.05) is 39.0 Å². The van der Waals surface area contributed by atoms with Crippen molar-refractivity contribution < 1.29 is 32.2 Å². The molecule has 2 rings (SSSR count). The SMILES string of the molecule is COc1ccc(OC)c(C(C)NC(=O)C(C)N(c2cc(OC)ccc2OC)S(C)(=O)=O)c1. The van der Waals surface area contributed by atoms with Crippen LogP contribution in [0.5, 0.6) is 23.0 Å². The Bertz CT molecular complexity index is 1060. The number of carbonyl (C=O) groups excluding carboxylic acids is 1. The summed E-state index contributed by atoms with van der Waals surface area (Å²) < 4.78 is 47.6. The Morgan fingerprint density at radius 3 is 1.91 bits per heavy atom. The Balaban J connectivity index is 2.40. The number of methoxy groups -OCH3 is 4. The molecule has 0 radical (unpaired) electrons. The lowest BCUT2D eigenvalue weighted by molar-refractivity contribution is -0.122. The van der Waals surface area contributed by atoms with Crippen LogP contribution in [-0.4, -0.2) is 55.1 Å². The normalized spacial score (nSPS) is 13.0. The number of amides is 1. The molecule has 10 heteroatoms. The number of ether oxygens (including phenoxy) is 4. The van der Waals surface area contributed by atoms with Gasteiger partial charge in [-0.3, -0.25) is 9.10 Å². The molecule has 0 bridgehead atoms. The Morgan fingerprint density at radius 2 is 1.41 bits per heavy atom. The maximum atomic E-state index is 13.1. The van der Waals surface area contributed by atoms with Gasteiger partial charge in [0, 0.05) is 11.6 Å². The van der Waals surface area contributed by atoms with Crippen molar-refractivity contribution in [3.8, 4) is 23.0 Å². The summed E-state index contributed by atoms with van der Waals surface area (Å²) in [4.78, 5) is 13.1. The molecule has 0 heterocycles. The minimum atomic E-state index is -3.85. The van der Waals surface area contributed by atoms with Gasteiger partial charge in [-0.25, -0.2) is 8.42 Å². The van der Waals surface area contributed by atoms with Gasteiger partial charge >= 0.3 is 0 Å². The van der Waals surface area contributed by atoms with Crippen molar-refractivity contribution in [2.45, 2.75) is 25.9 Å². The van der Waals surface area contributed by atoms with E-state index < -0.39 is 28.0 Å². The van der Waals surface area contributed by atoms with Gasteiger partial charge in [-0.1, -0.05) is 0 Å². The largest absolute Gasteiger partial charge is 0.497 e. The summed E-state index contributed by atoms with van der Waals surface area (Å²) in [6.07, 6.45) is 1.03. The van der Waals surface area contributed by atoms with Crippen molar-refractivity contribution in [2.24, 2.45) is 0 Å². The molecule has 0 saturated heterocycles. The molecule has 1 N–H and O–H groups in total. The first-order valence-electron chi connectivity index (χ1n) is 9.81. The van der Waals surface area contributed by atoms with Crippen LogP contribution in [0.1, 0.15) is 25.5 Å². The lowest BCUT2D eigenvalue weighted by Crippen LogP contribution is -2.48. The van der Waals surface area contributed by atoms with Crippen molar-refractivity contribution in [3.05, 3.63) is 42.0 Å². The van der Waals surface area contributed by atoms with Gasteiger partial charge < -0.3 is 24.3 Å². The summed E-state index contributed by atoms with van der Waals surface area (Å²) in [6, 6.07) is 8.43. The zero-order chi connectivity index (χ0) is 24.1. The first kappa shape index (κ1) is 25.1. The number of benzene rings is 2. The van der Waals surface area contributed by atoms with Crippen molar-refractivity contribution >= 4 is 21.6 Å². The quantitative estimate of drug-likeness (QED) is 0.574. The molecule has 0 aliphatic heterocycles. The summed E-state index contributed by atoms with van der Waals surface area (Å²) in [5.41, 5.74) is 0.890. The first-order valence-corrected chi connectivity index (χ1v) is 11.7. The highest BCUT2D eigenvalue weighted by molar-refractivity contribution is 7.92. The van der Waals surface area contributed by atoms with E-state index in [1.54, 1.807) is 44.4 Å². The fourth-order valence-electron chi connectivity index (χ4n) is 3.34. The van der Waals surface area contributed by atoms with Crippen LogP contribution in [0.4, 0.5) is 5.69 Å². The van der Waals surface area contributed by atoms with E-state index in [1.807, 2.05) is 0 Å². The third kappa shape index (κ3) is 5.56. The minimum absolute atomic E-state index is 0.198. The number of anilines is 1. The van der Waals surface area contributed by atoms with Gasteiger partial charge in [-0.05, 0) is 44.2 Å². The van der Waals surface area contributed by atoms with Gasteiger partial charge in [-0.2, -0.15) is 0 Å². The summed E-state index contributed by atoms with van der Waals surface area (Å²) in [6.45, 7) is 3.28. The van der Waals surface area contributed by atoms with Gasteiger partial charge in [0.2, 0.25) is 15.9 Å². The van der Waals surface area contributed by atoms with Crippen LogP contribution < -0.4 is 28.6 Å². The molecule has 0 fully saturated rings. The molecule has 176 valence electrons. The molecule has 32 heavy (non-hydrogen) atoms. The molecule has 9 nitrogen and oxygen atoms in total. The van der Waals surface area contributed by atoms with Gasteiger partial charge in [0.1, 0.15) is 29.0 Å². The number of hydrogen-bond donors (Lipinski definition) is 1. The topological polar surface area (TPSA) is 103 Å². The van der Waals surface area contributed by atoms with Gasteiger partial charge in [0.25, 0.3) is 0 Å². The van der Waals surface area contributed by atoms with Gasteiger partial charge in [0.05, 0.1) is 46.4 Å². The zero-order valence-electron chi connectivity index (χ0n) is 19.3. The van der Waals surface area contributed by atoms with E-state index in [-0.39, 0.29) is 5.69 Å². The van der Waals surface area contributed by atoms with Gasteiger partial charge in [-0.15, -0.1) is 0 Å². The predicted molar refractivity (Wildman–Crippen MR) is 122 cm³/mol. The third-order valence-electron chi connectivity index (χ3n) is 4.97. The number of sulfonamides is 1. The Hall–Kier alpha value is -3.14. The summed E-state index contributed by atoms with van der Waals surface area (Å²) >= 11 is 0. The fourth-order valence-corrected chi connectivity index (χ4v) is 4.51. The Kier molecular flexibility index (Phi) is 8.20. The highest BCUT2D eigenvalue weighted by Gasteiger charge is 2.32. The summed E-state index contributed by atoms with van der Waals surface area (Å²) in [5.74, 6) is 1.39. The molecule has 0 aliphatic carbocycles. The number of nitrogens with zero attached hydrogens (tertiary/aromatic N) is 1. The average Bonchev–Trinajstić information content (AvgIpc) is 2.77. The van der Waals surface area contributed by atoms with Crippen molar-refractivity contribution in [1.82, 2.24) is 5.32 Å². The lowest BCUT2D eigenvalue weighted by atomic mass is 10.1. The van der Waals surface area contributed by atoms with E-state index in [2.05, 4.69) is 5.32 Å². The number of carbonyl (C=O) groups is 1. The monoisotopic (exact) mass is 466 g/mol. The molecule has 0 spiro atoms. The zero-order valence-corrected chi connectivity index (χ0v) is 20.1. The molecular weight excluding hydrogens is 436 g/mol. The van der Waals surface area contributed by atoms with Crippen molar-refractivity contribution in [3.63, 3.8) is 0 Å².